The second-order valence-electron chi connectivity index (χ2n) is 9.42. The molecule has 0 radical (unpaired) electrons. The van der Waals surface area contributed by atoms with E-state index in [0.29, 0.717) is 13.1 Å². The van der Waals surface area contributed by atoms with Gasteiger partial charge in [-0.25, -0.2) is 13.3 Å². The number of aromatic nitrogens is 2. The third kappa shape index (κ3) is 5.08. The zero-order chi connectivity index (χ0) is 22.0. The molecule has 164 valence electrons. The molecular formula is C25H31N3O2S. The highest BCUT2D eigenvalue weighted by Gasteiger charge is 2.17. The van der Waals surface area contributed by atoms with E-state index in [4.69, 9.17) is 0 Å². The molecule has 1 aromatic heterocycles. The van der Waals surface area contributed by atoms with Crippen molar-refractivity contribution in [3.63, 3.8) is 0 Å². The molecule has 2 aromatic carbocycles. The van der Waals surface area contributed by atoms with Crippen molar-refractivity contribution >= 4 is 11.5 Å². The van der Waals surface area contributed by atoms with E-state index in [1.165, 1.54) is 21.3 Å². The van der Waals surface area contributed by atoms with Gasteiger partial charge in [0, 0.05) is 37.7 Å². The van der Waals surface area contributed by atoms with Gasteiger partial charge in [0.15, 0.2) is 0 Å². The maximum absolute atomic E-state index is 12.8. The molecule has 0 saturated heterocycles. The van der Waals surface area contributed by atoms with Crippen molar-refractivity contribution < 1.29 is 0 Å². The van der Waals surface area contributed by atoms with Gasteiger partial charge in [0.25, 0.3) is 0 Å². The van der Waals surface area contributed by atoms with Crippen molar-refractivity contribution in [2.24, 2.45) is 0 Å². The minimum absolute atomic E-state index is 0.0842. The highest BCUT2D eigenvalue weighted by atomic mass is 32.1. The lowest BCUT2D eigenvalue weighted by molar-refractivity contribution is 0.247. The van der Waals surface area contributed by atoms with E-state index in [-0.39, 0.29) is 16.0 Å². The van der Waals surface area contributed by atoms with Crippen LogP contribution in [-0.4, -0.2) is 26.5 Å². The molecule has 0 N–H and O–H groups in total. The lowest BCUT2D eigenvalue weighted by atomic mass is 9.87. The topological polar surface area (TPSA) is 47.2 Å². The fourth-order valence-electron chi connectivity index (χ4n) is 4.14. The Morgan fingerprint density at radius 1 is 0.935 bits per heavy atom. The number of aryl methyl sites for hydroxylation is 1. The Bertz CT molecular complexity index is 1150. The van der Waals surface area contributed by atoms with E-state index in [9.17, 15) is 9.59 Å². The quantitative estimate of drug-likeness (QED) is 0.588. The van der Waals surface area contributed by atoms with E-state index in [0.717, 1.165) is 49.6 Å². The molecule has 0 amide bonds. The molecule has 4 rings (SSSR count). The van der Waals surface area contributed by atoms with Gasteiger partial charge in [0.1, 0.15) is 0 Å². The van der Waals surface area contributed by atoms with Gasteiger partial charge in [0.05, 0.1) is 6.54 Å². The molecule has 2 heterocycles. The van der Waals surface area contributed by atoms with Gasteiger partial charge in [-0.05, 0) is 40.5 Å². The predicted molar refractivity (Wildman–Crippen MR) is 127 cm³/mol. The second-order valence-corrected chi connectivity index (χ2v) is 10.4. The van der Waals surface area contributed by atoms with Crippen molar-refractivity contribution in [1.29, 1.82) is 0 Å². The van der Waals surface area contributed by atoms with Crippen LogP contribution >= 0.6 is 11.5 Å². The predicted octanol–water partition coefficient (Wildman–Crippen LogP) is 3.87. The summed E-state index contributed by atoms with van der Waals surface area (Å²) < 4.78 is 2.97. The minimum Gasteiger partial charge on any atom is -0.299 e. The first-order valence-electron chi connectivity index (χ1n) is 11.0. The van der Waals surface area contributed by atoms with Crippen LogP contribution in [0.4, 0.5) is 0 Å². The summed E-state index contributed by atoms with van der Waals surface area (Å²) in [6.07, 6.45) is 1.94. The molecule has 0 bridgehead atoms. The number of hydrogen-bond donors (Lipinski definition) is 0. The van der Waals surface area contributed by atoms with Crippen LogP contribution in [0.15, 0.2) is 58.1 Å². The summed E-state index contributed by atoms with van der Waals surface area (Å²) in [5.74, 6) is 0. The van der Waals surface area contributed by atoms with Gasteiger partial charge in [-0.15, -0.1) is 0 Å². The summed E-state index contributed by atoms with van der Waals surface area (Å²) in [7, 11) is 0. The number of rotatable bonds is 6. The number of benzene rings is 2. The van der Waals surface area contributed by atoms with Crippen molar-refractivity contribution in [3.05, 3.63) is 90.9 Å². The van der Waals surface area contributed by atoms with Gasteiger partial charge in [-0.3, -0.25) is 9.69 Å². The summed E-state index contributed by atoms with van der Waals surface area (Å²) in [5, 5.41) is 0. The van der Waals surface area contributed by atoms with E-state index in [2.05, 4.69) is 62.1 Å². The number of fused-ring (bicyclic) bond motifs is 1. The van der Waals surface area contributed by atoms with Crippen LogP contribution in [0.25, 0.3) is 0 Å². The van der Waals surface area contributed by atoms with Gasteiger partial charge < -0.3 is 0 Å². The summed E-state index contributed by atoms with van der Waals surface area (Å²) in [4.78, 5) is 27.5. The summed E-state index contributed by atoms with van der Waals surface area (Å²) >= 11 is 1.04. The SMILES string of the molecule is CC(C)(C)c1ccc(Cn2c(=O)sn(CCCN3CCc4ccccc4C3)c2=O)cc1. The zero-order valence-corrected chi connectivity index (χ0v) is 19.5. The van der Waals surface area contributed by atoms with E-state index >= 15 is 0 Å². The van der Waals surface area contributed by atoms with Gasteiger partial charge in [-0.2, -0.15) is 0 Å². The van der Waals surface area contributed by atoms with Crippen LogP contribution in [0.3, 0.4) is 0 Å². The van der Waals surface area contributed by atoms with Crippen molar-refractivity contribution in [2.45, 2.75) is 58.7 Å². The molecule has 0 unspecified atom stereocenters. The van der Waals surface area contributed by atoms with Gasteiger partial charge >= 0.3 is 10.6 Å². The zero-order valence-electron chi connectivity index (χ0n) is 18.6. The monoisotopic (exact) mass is 437 g/mol. The van der Waals surface area contributed by atoms with E-state index < -0.39 is 0 Å². The average molecular weight is 438 g/mol. The third-order valence-corrected chi connectivity index (χ3v) is 6.99. The lowest BCUT2D eigenvalue weighted by Gasteiger charge is -2.28. The average Bonchev–Trinajstić information content (AvgIpc) is 3.01. The third-order valence-electron chi connectivity index (χ3n) is 6.06. The first-order valence-corrected chi connectivity index (χ1v) is 11.8. The molecule has 0 spiro atoms. The largest absolute Gasteiger partial charge is 0.341 e. The first kappa shape index (κ1) is 21.8. The molecule has 6 heteroatoms. The Labute approximate surface area is 187 Å². The Hall–Kier alpha value is -2.44. The number of nitrogens with zero attached hydrogens (tertiary/aromatic N) is 3. The molecule has 0 fully saturated rings. The molecule has 3 aromatic rings. The normalized spacial score (nSPS) is 14.5. The van der Waals surface area contributed by atoms with Crippen molar-refractivity contribution in [3.8, 4) is 0 Å². The molecule has 5 nitrogen and oxygen atoms in total. The van der Waals surface area contributed by atoms with Gasteiger partial charge in [0.2, 0.25) is 0 Å². The number of hydrogen-bond acceptors (Lipinski definition) is 4. The summed E-state index contributed by atoms with van der Waals surface area (Å²) in [5.41, 5.74) is 4.95. The molecule has 0 saturated carbocycles. The van der Waals surface area contributed by atoms with E-state index in [1.807, 2.05) is 12.1 Å². The molecule has 0 atom stereocenters. The van der Waals surface area contributed by atoms with Crippen LogP contribution in [0.1, 0.15) is 49.4 Å². The molecule has 31 heavy (non-hydrogen) atoms. The highest BCUT2D eigenvalue weighted by molar-refractivity contribution is 7.03. The standard InChI is InChI=1S/C25H31N3O2S/c1-25(2,3)22-11-9-19(10-12-22)17-27-23(29)28(31-24(27)30)15-6-14-26-16-13-20-7-4-5-8-21(20)18-26/h4-5,7-12H,6,13-18H2,1-3H3. The fourth-order valence-corrected chi connectivity index (χ4v) is 4.97. The van der Waals surface area contributed by atoms with Crippen LogP contribution in [0.2, 0.25) is 0 Å². The second kappa shape index (κ2) is 8.97. The van der Waals surface area contributed by atoms with Crippen LogP contribution < -0.4 is 10.6 Å². The van der Waals surface area contributed by atoms with Crippen molar-refractivity contribution in [2.75, 3.05) is 13.1 Å². The van der Waals surface area contributed by atoms with Crippen LogP contribution in [0.5, 0.6) is 0 Å². The Balaban J connectivity index is 1.36. The molecule has 0 aliphatic carbocycles. The maximum Gasteiger partial charge on any atom is 0.341 e. The maximum atomic E-state index is 12.8. The Morgan fingerprint density at radius 2 is 1.65 bits per heavy atom. The summed E-state index contributed by atoms with van der Waals surface area (Å²) in [6, 6.07) is 16.8. The smallest absolute Gasteiger partial charge is 0.299 e. The Kier molecular flexibility index (Phi) is 6.30. The van der Waals surface area contributed by atoms with E-state index in [1.54, 1.807) is 3.96 Å². The minimum atomic E-state index is -0.195. The molecular weight excluding hydrogens is 406 g/mol. The van der Waals surface area contributed by atoms with Crippen LogP contribution in [-0.2, 0) is 31.5 Å². The van der Waals surface area contributed by atoms with Gasteiger partial charge in [-0.1, -0.05) is 69.3 Å². The Morgan fingerprint density at radius 3 is 2.35 bits per heavy atom. The molecule has 1 aliphatic heterocycles. The lowest BCUT2D eigenvalue weighted by Crippen LogP contribution is -2.33. The fraction of sp³-hybridized carbons (Fsp3) is 0.440. The van der Waals surface area contributed by atoms with Crippen molar-refractivity contribution in [1.82, 2.24) is 13.4 Å². The summed E-state index contributed by atoms with van der Waals surface area (Å²) in [6.45, 7) is 10.4. The molecule has 1 aliphatic rings. The van der Waals surface area contributed by atoms with Crippen LogP contribution in [0, 0.1) is 0 Å². The highest BCUT2D eigenvalue weighted by Crippen LogP contribution is 2.22. The first-order chi connectivity index (χ1) is 14.8.